The first kappa shape index (κ1) is 49.8. The van der Waals surface area contributed by atoms with Crippen molar-refractivity contribution < 1.29 is 76.2 Å². The van der Waals surface area contributed by atoms with Crippen LogP contribution in [0, 0.1) is 10.1 Å². The summed E-state index contributed by atoms with van der Waals surface area (Å²) in [5.41, 5.74) is -1.40. The molecule has 0 spiro atoms. The van der Waals surface area contributed by atoms with Gasteiger partial charge in [-0.3, -0.25) is 19.7 Å². The molecule has 0 unspecified atom stereocenters. The van der Waals surface area contributed by atoms with Crippen LogP contribution in [0.25, 0.3) is 0 Å². The first-order chi connectivity index (χ1) is 29.7. The van der Waals surface area contributed by atoms with E-state index in [2.05, 4.69) is 10.6 Å². The predicted molar refractivity (Wildman–Crippen MR) is 218 cm³/mol. The van der Waals surface area contributed by atoms with Crippen molar-refractivity contribution in [2.24, 2.45) is 0 Å². The van der Waals surface area contributed by atoms with Gasteiger partial charge < -0.3 is 62.7 Å². The number of methoxy groups -OCH3 is 3. The lowest BCUT2D eigenvalue weighted by Crippen LogP contribution is -2.21. The van der Waals surface area contributed by atoms with Gasteiger partial charge in [0.25, 0.3) is 17.5 Å². The minimum atomic E-state index is -0.938. The zero-order valence-corrected chi connectivity index (χ0v) is 34.5. The van der Waals surface area contributed by atoms with Gasteiger partial charge in [-0.25, -0.2) is 9.59 Å². The van der Waals surface area contributed by atoms with Gasteiger partial charge in [-0.05, 0) is 24.3 Å². The number of carbonyl (C=O) groups is 4. The minimum Gasteiger partial charge on any atom is -0.495 e. The summed E-state index contributed by atoms with van der Waals surface area (Å²) in [6, 6.07) is 13.8. The minimum absolute atomic E-state index is 0.0183. The Morgan fingerprint density at radius 1 is 0.492 bits per heavy atom. The quantitative estimate of drug-likeness (QED) is 0.0393. The van der Waals surface area contributed by atoms with Crippen LogP contribution in [-0.2, 0) is 47.4 Å². The summed E-state index contributed by atoms with van der Waals surface area (Å²) in [7, 11) is 4.35. The summed E-state index contributed by atoms with van der Waals surface area (Å²) in [6.45, 7) is 4.64. The first-order valence-electron chi connectivity index (χ1n) is 19.2. The van der Waals surface area contributed by atoms with E-state index < -0.39 is 45.5 Å². The predicted octanol–water partition coefficient (Wildman–Crippen LogP) is 3.81. The third-order valence-electron chi connectivity index (χ3n) is 8.04. The van der Waals surface area contributed by atoms with Crippen molar-refractivity contribution in [2.45, 2.75) is 0 Å². The van der Waals surface area contributed by atoms with Crippen LogP contribution in [0.15, 0.2) is 60.7 Å². The molecule has 0 fully saturated rings. The van der Waals surface area contributed by atoms with Gasteiger partial charge in [-0.15, -0.1) is 0 Å². The number of hydrogen-bond acceptors (Lipinski definition) is 17. The summed E-state index contributed by atoms with van der Waals surface area (Å²) in [5, 5.41) is 17.1. The Bertz CT molecular complexity index is 1710. The molecule has 334 valence electrons. The average Bonchev–Trinajstić information content (AvgIpc) is 3.26. The molecular weight excluding hydrogens is 806 g/mol. The molecule has 3 aromatic rings. The molecule has 20 nitrogen and oxygen atoms in total. The van der Waals surface area contributed by atoms with Crippen LogP contribution in [0.4, 0.5) is 17.1 Å². The maximum atomic E-state index is 13.7. The van der Waals surface area contributed by atoms with Gasteiger partial charge in [0.1, 0.15) is 19.0 Å². The van der Waals surface area contributed by atoms with E-state index in [1.165, 1.54) is 31.4 Å². The Labute approximate surface area is 353 Å². The number of para-hydroxylation sites is 2. The molecule has 3 rings (SSSR count). The molecule has 0 atom stereocenters. The van der Waals surface area contributed by atoms with Crippen LogP contribution in [0.2, 0.25) is 0 Å². The molecule has 2 amide bonds. The van der Waals surface area contributed by atoms with Crippen LogP contribution < -0.4 is 15.4 Å². The average molecular weight is 860 g/mol. The van der Waals surface area contributed by atoms with Crippen molar-refractivity contribution >= 4 is 40.8 Å². The SMILES string of the molecule is COCCOCCOCCOCCOC(=O)c1ccccc1NC(=O)c1cc([N+](=O)[O-])cc(C(=O)Nc2ccccc2C(=O)OCCOCCOCCOCCOC)c1OC. The number of nitro benzene ring substituents is 1. The van der Waals surface area contributed by atoms with E-state index >= 15 is 0 Å². The molecule has 0 aliphatic rings. The number of ether oxygens (including phenoxy) is 11. The highest BCUT2D eigenvalue weighted by Gasteiger charge is 2.27. The second-order valence-electron chi connectivity index (χ2n) is 12.3. The van der Waals surface area contributed by atoms with Gasteiger partial charge in [-0.2, -0.15) is 0 Å². The Morgan fingerprint density at radius 3 is 1.15 bits per heavy atom. The molecule has 0 aromatic heterocycles. The third-order valence-corrected chi connectivity index (χ3v) is 8.04. The number of benzene rings is 3. The molecule has 3 aromatic carbocycles. The van der Waals surface area contributed by atoms with E-state index in [4.69, 9.17) is 52.1 Å². The van der Waals surface area contributed by atoms with Gasteiger partial charge >= 0.3 is 11.9 Å². The second-order valence-corrected chi connectivity index (χ2v) is 12.3. The molecule has 20 heteroatoms. The molecule has 0 aliphatic heterocycles. The highest BCUT2D eigenvalue weighted by atomic mass is 16.6. The molecule has 2 N–H and O–H groups in total. The van der Waals surface area contributed by atoms with E-state index in [1.807, 2.05) is 0 Å². The summed E-state index contributed by atoms with van der Waals surface area (Å²) >= 11 is 0. The molecule has 0 saturated heterocycles. The molecule has 0 heterocycles. The summed E-state index contributed by atoms with van der Waals surface area (Å²) in [6.07, 6.45) is 0. The van der Waals surface area contributed by atoms with Crippen LogP contribution in [0.5, 0.6) is 5.75 Å². The number of anilines is 2. The van der Waals surface area contributed by atoms with Crippen LogP contribution in [0.3, 0.4) is 0 Å². The molecule has 0 saturated carbocycles. The van der Waals surface area contributed by atoms with Crippen molar-refractivity contribution in [1.29, 1.82) is 0 Å². The number of hydrogen-bond donors (Lipinski definition) is 2. The fraction of sp³-hybridized carbons (Fsp3) is 0.463. The van der Waals surface area contributed by atoms with Crippen molar-refractivity contribution in [2.75, 3.05) is 138 Å². The van der Waals surface area contributed by atoms with Gasteiger partial charge in [0.15, 0.2) is 0 Å². The molecule has 0 aliphatic carbocycles. The van der Waals surface area contributed by atoms with E-state index in [0.717, 1.165) is 12.1 Å². The van der Waals surface area contributed by atoms with Gasteiger partial charge in [0.2, 0.25) is 0 Å². The van der Waals surface area contributed by atoms with E-state index in [-0.39, 0.29) is 67.9 Å². The lowest BCUT2D eigenvalue weighted by atomic mass is 10.0. The fourth-order valence-electron chi connectivity index (χ4n) is 5.11. The van der Waals surface area contributed by atoms with Gasteiger partial charge in [0.05, 0.1) is 138 Å². The van der Waals surface area contributed by atoms with E-state index in [9.17, 15) is 29.3 Å². The Balaban J connectivity index is 1.60. The Morgan fingerprint density at radius 2 is 0.820 bits per heavy atom. The van der Waals surface area contributed by atoms with Gasteiger partial charge in [0, 0.05) is 26.4 Å². The zero-order valence-electron chi connectivity index (χ0n) is 34.5. The number of nitrogens with one attached hydrogen (secondary N) is 2. The number of rotatable bonds is 32. The van der Waals surface area contributed by atoms with Crippen LogP contribution in [0.1, 0.15) is 41.4 Å². The Hall–Kier alpha value is -5.58. The summed E-state index contributed by atoms with van der Waals surface area (Å²) in [4.78, 5) is 64.6. The molecule has 61 heavy (non-hydrogen) atoms. The summed E-state index contributed by atoms with van der Waals surface area (Å²) in [5.74, 6) is -3.75. The highest BCUT2D eigenvalue weighted by molar-refractivity contribution is 6.15. The van der Waals surface area contributed by atoms with E-state index in [1.54, 1.807) is 38.5 Å². The number of carbonyl (C=O) groups excluding carboxylic acids is 4. The largest absolute Gasteiger partial charge is 0.495 e. The van der Waals surface area contributed by atoms with Crippen molar-refractivity contribution in [3.8, 4) is 5.75 Å². The lowest BCUT2D eigenvalue weighted by molar-refractivity contribution is -0.384. The van der Waals surface area contributed by atoms with Gasteiger partial charge in [-0.1, -0.05) is 24.3 Å². The molecule has 0 bridgehead atoms. The smallest absolute Gasteiger partial charge is 0.340 e. The first-order valence-corrected chi connectivity index (χ1v) is 19.2. The van der Waals surface area contributed by atoms with E-state index in [0.29, 0.717) is 66.1 Å². The van der Waals surface area contributed by atoms with Crippen molar-refractivity contribution in [3.63, 3.8) is 0 Å². The second kappa shape index (κ2) is 29.6. The topological polar surface area (TPSA) is 237 Å². The molecular formula is C41H53N3O17. The van der Waals surface area contributed by atoms with Crippen LogP contribution >= 0.6 is 0 Å². The van der Waals surface area contributed by atoms with Crippen molar-refractivity contribution in [1.82, 2.24) is 0 Å². The fourth-order valence-corrected chi connectivity index (χ4v) is 5.11. The van der Waals surface area contributed by atoms with Crippen LogP contribution in [-0.4, -0.2) is 156 Å². The zero-order chi connectivity index (χ0) is 44.1. The number of nitrogens with zero attached hydrogens (tertiary/aromatic N) is 1. The molecule has 0 radical (unpaired) electrons. The standard InChI is InChI=1S/C41H53N3O17/c1-51-12-14-54-16-18-56-20-22-58-24-26-60-40(47)31-8-4-6-10-35(31)42-38(45)33-28-30(44(49)50)29-34(37(33)53-3)39(46)43-36-11-7-5-9-32(36)41(48)61-27-25-59-23-21-57-19-17-55-15-13-52-2/h4-11,28-29H,12-27H2,1-3H3,(H,42,45)(H,43,46). The third kappa shape index (κ3) is 18.3. The maximum absolute atomic E-state index is 13.7. The normalized spacial score (nSPS) is 10.9. The Kier molecular flexibility index (Phi) is 24.2. The number of esters is 2. The van der Waals surface area contributed by atoms with Crippen molar-refractivity contribution in [3.05, 3.63) is 93.0 Å². The number of non-ortho nitro benzene ring substituents is 1. The highest BCUT2D eigenvalue weighted by Crippen LogP contribution is 2.32. The summed E-state index contributed by atoms with van der Waals surface area (Å²) < 4.78 is 58.1. The lowest BCUT2D eigenvalue weighted by Gasteiger charge is -2.16. The monoisotopic (exact) mass is 859 g/mol. The maximum Gasteiger partial charge on any atom is 0.340 e. The number of nitro groups is 1. The number of amides is 2.